The largest absolute Gasteiger partial charge is 0.510 e. The zero-order valence-corrected chi connectivity index (χ0v) is 32.5. The summed E-state index contributed by atoms with van der Waals surface area (Å²) in [6.45, 7) is 4.81. The van der Waals surface area contributed by atoms with Crippen LogP contribution in [-0.4, -0.2) is 180 Å². The van der Waals surface area contributed by atoms with Crippen molar-refractivity contribution in [3.05, 3.63) is 12.7 Å². The van der Waals surface area contributed by atoms with Gasteiger partial charge in [-0.05, 0) is 34.6 Å². The molecule has 26 heteroatoms. The fourth-order valence-electron chi connectivity index (χ4n) is 5.39. The van der Waals surface area contributed by atoms with Crippen LogP contribution in [0.3, 0.4) is 0 Å². The molecule has 324 valence electrons. The van der Waals surface area contributed by atoms with Gasteiger partial charge in [-0.2, -0.15) is 0 Å². The van der Waals surface area contributed by atoms with E-state index < -0.39 is 133 Å². The Morgan fingerprint density at radius 2 is 1.44 bits per heavy atom. The summed E-state index contributed by atoms with van der Waals surface area (Å²) in [6, 6.07) is 0. The molecule has 0 radical (unpaired) electrons. The Labute approximate surface area is 325 Å². The third-order valence-electron chi connectivity index (χ3n) is 8.17. The average molecular weight is 844 g/mol. The number of nitrogens with one attached hydrogen (secondary N) is 1. The van der Waals surface area contributed by atoms with E-state index in [1.54, 1.807) is 39.2 Å². The molecular weight excluding hydrogens is 793 g/mol. The topological polar surface area (TPSA) is 341 Å². The fourth-order valence-corrected chi connectivity index (χ4v) is 6.47. The summed E-state index contributed by atoms with van der Waals surface area (Å²) in [6.07, 6.45) is -18.2. The van der Waals surface area contributed by atoms with Gasteiger partial charge in [0, 0.05) is 0 Å². The standard InChI is InChI=1S/C31H50N5O20P/c1-14(2)52-30(44)47-11-50-57(46,51-12-48-31(45)53-15(3)4)13-49-16(5)6-36-10-34-19-26(32-9-33-27(19)36)35-28-23(42)22(41)25(18(8-38)54-28)56-29-24(43)21(40)20(39)17(7-37)55-29/h9-10,14-18,20-25,28-29,37-43H,6-8,11-13H2,1-5H3,(H,32,33,35)/t16-,17-,18-,20+,21+,22-,23-,24-,25-,28?,29+/m1/s1. The van der Waals surface area contributed by atoms with Gasteiger partial charge >= 0.3 is 19.9 Å². The van der Waals surface area contributed by atoms with Gasteiger partial charge in [-0.25, -0.2) is 24.5 Å². The minimum atomic E-state index is -4.25. The first-order valence-electron chi connectivity index (χ1n) is 17.6. The zero-order valence-electron chi connectivity index (χ0n) is 31.6. The second kappa shape index (κ2) is 21.0. The summed E-state index contributed by atoms with van der Waals surface area (Å²) in [5.41, 5.74) is 0.421. The highest BCUT2D eigenvalue weighted by atomic mass is 31.2. The van der Waals surface area contributed by atoms with E-state index in [4.69, 9.17) is 46.9 Å². The van der Waals surface area contributed by atoms with Gasteiger partial charge in [0.05, 0.1) is 44.4 Å². The van der Waals surface area contributed by atoms with Crippen LogP contribution < -0.4 is 5.32 Å². The number of aromatic nitrogens is 4. The van der Waals surface area contributed by atoms with E-state index in [9.17, 15) is 49.9 Å². The first-order chi connectivity index (χ1) is 27.0. The van der Waals surface area contributed by atoms with Crippen molar-refractivity contribution in [1.82, 2.24) is 19.5 Å². The van der Waals surface area contributed by atoms with Gasteiger partial charge in [0.25, 0.3) is 0 Å². The average Bonchev–Trinajstić information content (AvgIpc) is 3.56. The van der Waals surface area contributed by atoms with E-state index >= 15 is 0 Å². The van der Waals surface area contributed by atoms with Crippen molar-refractivity contribution >= 4 is 36.9 Å². The van der Waals surface area contributed by atoms with E-state index in [0.717, 1.165) is 0 Å². The Hall–Kier alpha value is -3.40. The van der Waals surface area contributed by atoms with Gasteiger partial charge in [-0.15, -0.1) is 0 Å². The lowest BCUT2D eigenvalue weighted by Gasteiger charge is -2.46. The molecule has 8 N–H and O–H groups in total. The monoisotopic (exact) mass is 843 g/mol. The lowest BCUT2D eigenvalue weighted by molar-refractivity contribution is -0.340. The molecule has 0 bridgehead atoms. The van der Waals surface area contributed by atoms with Crippen molar-refractivity contribution in [2.75, 3.05) is 38.5 Å². The van der Waals surface area contributed by atoms with Crippen molar-refractivity contribution in [3.63, 3.8) is 0 Å². The van der Waals surface area contributed by atoms with Crippen molar-refractivity contribution in [3.8, 4) is 0 Å². The second-order valence-corrected chi connectivity index (χ2v) is 15.3. The van der Waals surface area contributed by atoms with Gasteiger partial charge in [0.2, 0.25) is 13.6 Å². The Balaban J connectivity index is 1.39. The summed E-state index contributed by atoms with van der Waals surface area (Å²) < 4.78 is 67.0. The highest BCUT2D eigenvalue weighted by molar-refractivity contribution is 7.53. The third kappa shape index (κ3) is 12.5. The van der Waals surface area contributed by atoms with Gasteiger partial charge in [-0.1, -0.05) is 0 Å². The number of carbonyl (C=O) groups excluding carboxylic acids is 2. The van der Waals surface area contributed by atoms with E-state index in [2.05, 4.69) is 20.3 Å². The summed E-state index contributed by atoms with van der Waals surface area (Å²) >= 11 is 0. The van der Waals surface area contributed by atoms with Crippen LogP contribution in [0, 0.1) is 0 Å². The van der Waals surface area contributed by atoms with Crippen LogP contribution in [0.15, 0.2) is 12.7 Å². The van der Waals surface area contributed by atoms with Crippen molar-refractivity contribution in [2.45, 2.75) is 121 Å². The maximum absolute atomic E-state index is 13.5. The van der Waals surface area contributed by atoms with Gasteiger partial charge in [0.1, 0.15) is 67.0 Å². The molecule has 0 spiro atoms. The molecule has 4 rings (SSSR count). The Morgan fingerprint density at radius 1 is 0.825 bits per heavy atom. The smallest absolute Gasteiger partial charge is 0.432 e. The third-order valence-corrected chi connectivity index (χ3v) is 9.63. The summed E-state index contributed by atoms with van der Waals surface area (Å²) in [5.74, 6) is 0.0341. The number of hydrogen-bond donors (Lipinski definition) is 8. The highest BCUT2D eigenvalue weighted by Crippen LogP contribution is 2.48. The molecule has 2 aliphatic heterocycles. The first-order valence-corrected chi connectivity index (χ1v) is 19.4. The molecule has 57 heavy (non-hydrogen) atoms. The van der Waals surface area contributed by atoms with Crippen molar-refractivity contribution in [2.24, 2.45) is 0 Å². The molecule has 0 saturated carbocycles. The number of imidazole rings is 1. The summed E-state index contributed by atoms with van der Waals surface area (Å²) in [7, 11) is -4.25. The number of ether oxygens (including phenoxy) is 8. The van der Waals surface area contributed by atoms with Gasteiger partial charge < -0.3 is 83.5 Å². The van der Waals surface area contributed by atoms with E-state index in [-0.39, 0.29) is 23.5 Å². The molecule has 0 aliphatic carbocycles. The zero-order chi connectivity index (χ0) is 42.0. The Kier molecular flexibility index (Phi) is 17.1. The number of rotatable bonds is 19. The van der Waals surface area contributed by atoms with Gasteiger partial charge in [0.15, 0.2) is 24.0 Å². The van der Waals surface area contributed by atoms with Crippen LogP contribution in [0.5, 0.6) is 0 Å². The number of nitrogens with zero attached hydrogens (tertiary/aromatic N) is 4. The van der Waals surface area contributed by atoms with Crippen LogP contribution in [-0.2, 0) is 58.1 Å². The predicted octanol–water partition coefficient (Wildman–Crippen LogP) is -1.51. The normalized spacial score (nSPS) is 28.7. The lowest BCUT2D eigenvalue weighted by atomic mass is 9.96. The van der Waals surface area contributed by atoms with Gasteiger partial charge in [-0.3, -0.25) is 13.6 Å². The van der Waals surface area contributed by atoms with E-state index in [0.29, 0.717) is 0 Å². The van der Waals surface area contributed by atoms with E-state index in [1.165, 1.54) is 12.7 Å². The number of fused-ring (bicyclic) bond motifs is 1. The fraction of sp³-hybridized carbons (Fsp3) is 0.774. The minimum absolute atomic E-state index is 0.0341. The molecule has 0 aromatic carbocycles. The van der Waals surface area contributed by atoms with Crippen LogP contribution in [0.25, 0.3) is 11.2 Å². The SMILES string of the molecule is CC(C)OC(=O)OCOP(=O)(CO[C@H](C)Cn1cnc2c(NC3O[C@H](CO)[C@@H](O[C@@H]4O[C@H](CO)[C@H](O)[C@H](O)[C@H]4O)[C@H](O)[C@H]3O)ncnc21)OCOC(=O)OC(C)C. The lowest BCUT2D eigenvalue weighted by Crippen LogP contribution is -2.65. The van der Waals surface area contributed by atoms with Crippen molar-refractivity contribution in [1.29, 1.82) is 0 Å². The Morgan fingerprint density at radius 3 is 2.02 bits per heavy atom. The maximum atomic E-state index is 13.5. The first kappa shape index (κ1) is 46.3. The number of carbonyl (C=O) groups is 2. The molecule has 1 unspecified atom stereocenters. The number of aliphatic hydroxyl groups excluding tert-OH is 7. The predicted molar refractivity (Wildman–Crippen MR) is 186 cm³/mol. The Bertz CT molecular complexity index is 1600. The second-order valence-electron chi connectivity index (χ2n) is 13.3. The van der Waals surface area contributed by atoms with E-state index in [1.807, 2.05) is 0 Å². The van der Waals surface area contributed by atoms with Crippen LogP contribution in [0.2, 0.25) is 0 Å². The van der Waals surface area contributed by atoms with Crippen molar-refractivity contribution < 1.29 is 96.8 Å². The molecule has 2 saturated heterocycles. The number of aliphatic hydroxyl groups is 7. The molecule has 11 atom stereocenters. The molecule has 2 aromatic rings. The maximum Gasteiger partial charge on any atom is 0.510 e. The molecule has 2 fully saturated rings. The van der Waals surface area contributed by atoms with Crippen LogP contribution in [0.1, 0.15) is 34.6 Å². The molecule has 4 heterocycles. The van der Waals surface area contributed by atoms with Crippen LogP contribution in [0.4, 0.5) is 15.4 Å². The summed E-state index contributed by atoms with van der Waals surface area (Å²) in [4.78, 5) is 36.2. The van der Waals surface area contributed by atoms with Crippen LogP contribution >= 0.6 is 7.60 Å². The molecule has 2 aliphatic rings. The quantitative estimate of drug-likeness (QED) is 0.0453. The minimum Gasteiger partial charge on any atom is -0.432 e. The highest BCUT2D eigenvalue weighted by Gasteiger charge is 2.50. The number of hydrogen-bond acceptors (Lipinski definition) is 24. The number of anilines is 1. The summed E-state index contributed by atoms with van der Waals surface area (Å²) in [5, 5.41) is 74.9. The molecule has 0 amide bonds. The molecule has 2 aromatic heterocycles. The molecular formula is C31H50N5O20P. The molecule has 25 nitrogen and oxygen atoms in total.